The van der Waals surface area contributed by atoms with E-state index in [-0.39, 0.29) is 30.4 Å². The first-order valence-electron chi connectivity index (χ1n) is 10.3. The molecule has 2 atom stereocenters. The smallest absolute Gasteiger partial charge is 0.245 e. The van der Waals surface area contributed by atoms with Gasteiger partial charge in [-0.1, -0.05) is 74.5 Å². The fourth-order valence-corrected chi connectivity index (χ4v) is 4.03. The van der Waals surface area contributed by atoms with E-state index in [2.05, 4.69) is 5.32 Å². The molecule has 5 nitrogen and oxygen atoms in total. The second-order valence-corrected chi connectivity index (χ2v) is 7.99. The lowest BCUT2D eigenvalue weighted by Gasteiger charge is -2.31. The van der Waals surface area contributed by atoms with E-state index >= 15 is 0 Å². The molecule has 154 valence electrons. The number of benzene rings is 2. The van der Waals surface area contributed by atoms with Crippen molar-refractivity contribution in [1.29, 1.82) is 0 Å². The summed E-state index contributed by atoms with van der Waals surface area (Å²) in [6.07, 6.45) is 1.68. The van der Waals surface area contributed by atoms with Crippen molar-refractivity contribution in [3.05, 3.63) is 71.8 Å². The van der Waals surface area contributed by atoms with Crippen LogP contribution in [0.2, 0.25) is 0 Å². The van der Waals surface area contributed by atoms with Gasteiger partial charge in [-0.25, -0.2) is 0 Å². The van der Waals surface area contributed by atoms with Crippen molar-refractivity contribution < 1.29 is 14.7 Å². The zero-order chi connectivity index (χ0) is 20.8. The minimum Gasteiger partial charge on any atom is -0.394 e. The Bertz CT molecular complexity index is 768. The lowest BCUT2D eigenvalue weighted by atomic mass is 9.89. The number of carbonyl (C=O) groups excluding carboxylic acids is 2. The standard InChI is InChI=1S/C24H30N2O3/c1-17(2)22(24(29)26-15-9-14-20(26)16-27)25-23(28)21(18-10-5-3-6-11-18)19-12-7-4-8-13-19/h3-8,10-13,17,20-22,27H,9,14-16H2,1-2H3,(H,25,28)/t20-,22-/m1/s1. The third-order valence-electron chi connectivity index (χ3n) is 5.63. The Labute approximate surface area is 172 Å². The zero-order valence-electron chi connectivity index (χ0n) is 17.1. The van der Waals surface area contributed by atoms with E-state index in [4.69, 9.17) is 0 Å². The number of aliphatic hydroxyl groups is 1. The van der Waals surface area contributed by atoms with Crippen molar-refractivity contribution in [1.82, 2.24) is 10.2 Å². The molecule has 1 saturated heterocycles. The van der Waals surface area contributed by atoms with Gasteiger partial charge in [-0.15, -0.1) is 0 Å². The van der Waals surface area contributed by atoms with Gasteiger partial charge >= 0.3 is 0 Å². The van der Waals surface area contributed by atoms with E-state index in [1.165, 1.54) is 0 Å². The van der Waals surface area contributed by atoms with Crippen LogP contribution in [-0.4, -0.2) is 47.1 Å². The Kier molecular flexibility index (Phi) is 7.04. The molecule has 1 aliphatic heterocycles. The van der Waals surface area contributed by atoms with Crippen LogP contribution in [0.25, 0.3) is 0 Å². The molecule has 1 heterocycles. The molecule has 2 amide bonds. The van der Waals surface area contributed by atoms with Crippen LogP contribution in [0.1, 0.15) is 43.7 Å². The molecule has 2 aromatic carbocycles. The van der Waals surface area contributed by atoms with Gasteiger partial charge in [0.05, 0.1) is 18.6 Å². The van der Waals surface area contributed by atoms with E-state index < -0.39 is 12.0 Å². The van der Waals surface area contributed by atoms with Crippen LogP contribution in [0.3, 0.4) is 0 Å². The fourth-order valence-electron chi connectivity index (χ4n) is 4.03. The van der Waals surface area contributed by atoms with E-state index in [1.54, 1.807) is 4.90 Å². The Morgan fingerprint density at radius 3 is 2.07 bits per heavy atom. The zero-order valence-corrected chi connectivity index (χ0v) is 17.1. The summed E-state index contributed by atoms with van der Waals surface area (Å²) in [5.74, 6) is -0.837. The first kappa shape index (κ1) is 21.1. The maximum Gasteiger partial charge on any atom is 0.245 e. The van der Waals surface area contributed by atoms with Crippen LogP contribution in [-0.2, 0) is 9.59 Å². The normalized spacial score (nSPS) is 17.6. The molecule has 0 bridgehead atoms. The molecule has 1 fully saturated rings. The highest BCUT2D eigenvalue weighted by molar-refractivity contribution is 5.92. The molecule has 0 radical (unpaired) electrons. The molecule has 3 rings (SSSR count). The third-order valence-corrected chi connectivity index (χ3v) is 5.63. The van der Waals surface area contributed by atoms with Crippen molar-refractivity contribution in [2.75, 3.05) is 13.2 Å². The molecule has 0 spiro atoms. The van der Waals surface area contributed by atoms with E-state index in [9.17, 15) is 14.7 Å². The van der Waals surface area contributed by atoms with Crippen LogP contribution >= 0.6 is 0 Å². The fraction of sp³-hybridized carbons (Fsp3) is 0.417. The molecular weight excluding hydrogens is 364 g/mol. The molecule has 5 heteroatoms. The number of likely N-dealkylation sites (tertiary alicyclic amines) is 1. The Morgan fingerprint density at radius 1 is 1.03 bits per heavy atom. The summed E-state index contributed by atoms with van der Waals surface area (Å²) in [6, 6.07) is 18.5. The molecule has 1 aliphatic rings. The average Bonchev–Trinajstić information content (AvgIpc) is 3.22. The number of amides is 2. The van der Waals surface area contributed by atoms with Crippen molar-refractivity contribution in [2.45, 2.75) is 44.7 Å². The largest absolute Gasteiger partial charge is 0.394 e. The molecule has 0 unspecified atom stereocenters. The predicted octanol–water partition coefficient (Wildman–Crippen LogP) is 2.94. The van der Waals surface area contributed by atoms with E-state index in [0.717, 1.165) is 24.0 Å². The summed E-state index contributed by atoms with van der Waals surface area (Å²) < 4.78 is 0. The maximum absolute atomic E-state index is 13.4. The number of hydrogen-bond donors (Lipinski definition) is 2. The van der Waals surface area contributed by atoms with Crippen LogP contribution in [0.5, 0.6) is 0 Å². The topological polar surface area (TPSA) is 69.6 Å². The lowest BCUT2D eigenvalue weighted by Crippen LogP contribution is -2.53. The second-order valence-electron chi connectivity index (χ2n) is 7.99. The van der Waals surface area contributed by atoms with Gasteiger partial charge in [0.2, 0.25) is 11.8 Å². The first-order valence-corrected chi connectivity index (χ1v) is 10.3. The number of aliphatic hydroxyl groups excluding tert-OH is 1. The second kappa shape index (κ2) is 9.70. The molecule has 2 N–H and O–H groups in total. The van der Waals surface area contributed by atoms with Crippen molar-refractivity contribution >= 4 is 11.8 Å². The average molecular weight is 395 g/mol. The highest BCUT2D eigenvalue weighted by atomic mass is 16.3. The van der Waals surface area contributed by atoms with Crippen molar-refractivity contribution in [3.8, 4) is 0 Å². The Balaban J connectivity index is 1.86. The molecule has 0 aromatic heterocycles. The van der Waals surface area contributed by atoms with Gasteiger partial charge in [0.15, 0.2) is 0 Å². The highest BCUT2D eigenvalue weighted by Gasteiger charge is 2.36. The lowest BCUT2D eigenvalue weighted by molar-refractivity contribution is -0.139. The summed E-state index contributed by atoms with van der Waals surface area (Å²) in [5, 5.41) is 12.6. The van der Waals surface area contributed by atoms with Crippen LogP contribution in [0.15, 0.2) is 60.7 Å². The van der Waals surface area contributed by atoms with Gasteiger partial charge in [0.1, 0.15) is 6.04 Å². The molecule has 2 aromatic rings. The van der Waals surface area contributed by atoms with Gasteiger partial charge < -0.3 is 15.3 Å². The number of carbonyl (C=O) groups is 2. The van der Waals surface area contributed by atoms with Gasteiger partial charge in [0, 0.05) is 6.54 Å². The van der Waals surface area contributed by atoms with Gasteiger partial charge in [0.25, 0.3) is 0 Å². The quantitative estimate of drug-likeness (QED) is 0.759. The molecule has 29 heavy (non-hydrogen) atoms. The van der Waals surface area contributed by atoms with E-state index in [0.29, 0.717) is 6.54 Å². The molecule has 0 saturated carbocycles. The number of nitrogens with one attached hydrogen (secondary N) is 1. The summed E-state index contributed by atoms with van der Waals surface area (Å²) >= 11 is 0. The van der Waals surface area contributed by atoms with Crippen LogP contribution in [0, 0.1) is 5.92 Å². The third kappa shape index (κ3) is 4.85. The monoisotopic (exact) mass is 394 g/mol. The minimum atomic E-state index is -0.621. The van der Waals surface area contributed by atoms with Crippen LogP contribution < -0.4 is 5.32 Å². The predicted molar refractivity (Wildman–Crippen MR) is 113 cm³/mol. The number of hydrogen-bond acceptors (Lipinski definition) is 3. The highest BCUT2D eigenvalue weighted by Crippen LogP contribution is 2.26. The molecular formula is C24H30N2O3. The molecule has 0 aliphatic carbocycles. The summed E-state index contributed by atoms with van der Waals surface area (Å²) in [5.41, 5.74) is 1.78. The van der Waals surface area contributed by atoms with Gasteiger partial charge in [-0.05, 0) is 29.9 Å². The minimum absolute atomic E-state index is 0.0405. The van der Waals surface area contributed by atoms with Gasteiger partial charge in [-0.2, -0.15) is 0 Å². The van der Waals surface area contributed by atoms with Crippen LogP contribution in [0.4, 0.5) is 0 Å². The Morgan fingerprint density at radius 2 is 1.59 bits per heavy atom. The SMILES string of the molecule is CC(C)[C@@H](NC(=O)C(c1ccccc1)c1ccccc1)C(=O)N1CCC[C@@H]1CO. The summed E-state index contributed by atoms with van der Waals surface area (Å²) in [4.78, 5) is 28.3. The summed E-state index contributed by atoms with van der Waals surface area (Å²) in [6.45, 7) is 4.46. The maximum atomic E-state index is 13.4. The summed E-state index contributed by atoms with van der Waals surface area (Å²) in [7, 11) is 0. The first-order chi connectivity index (χ1) is 14.0. The van der Waals surface area contributed by atoms with Crippen molar-refractivity contribution in [3.63, 3.8) is 0 Å². The Hall–Kier alpha value is -2.66. The van der Waals surface area contributed by atoms with E-state index in [1.807, 2.05) is 74.5 Å². The number of rotatable bonds is 7. The number of nitrogens with zero attached hydrogens (tertiary/aromatic N) is 1. The van der Waals surface area contributed by atoms with Crippen molar-refractivity contribution in [2.24, 2.45) is 5.92 Å². The van der Waals surface area contributed by atoms with Gasteiger partial charge in [-0.3, -0.25) is 9.59 Å².